The van der Waals surface area contributed by atoms with Crippen LogP contribution < -0.4 is 5.56 Å². The molecule has 4 aromatic rings. The third-order valence-electron chi connectivity index (χ3n) is 4.74. The third kappa shape index (κ3) is 3.16. The summed E-state index contributed by atoms with van der Waals surface area (Å²) in [6, 6.07) is 9.83. The molecular formula is C20H22N6O. The van der Waals surface area contributed by atoms with Crippen LogP contribution in [0.5, 0.6) is 0 Å². The average Bonchev–Trinajstić information content (AvgIpc) is 3.19. The normalized spacial score (nSPS) is 12.6. The second-order valence-corrected chi connectivity index (χ2v) is 7.00. The van der Waals surface area contributed by atoms with E-state index < -0.39 is 0 Å². The first kappa shape index (κ1) is 17.2. The highest BCUT2D eigenvalue weighted by Gasteiger charge is 2.15. The Hall–Kier alpha value is -3.22. The van der Waals surface area contributed by atoms with E-state index in [0.717, 1.165) is 28.5 Å². The van der Waals surface area contributed by atoms with E-state index in [2.05, 4.69) is 41.2 Å². The van der Waals surface area contributed by atoms with Crippen molar-refractivity contribution >= 4 is 5.65 Å². The quantitative estimate of drug-likeness (QED) is 0.605. The van der Waals surface area contributed by atoms with Crippen molar-refractivity contribution in [3.63, 3.8) is 0 Å². The number of aromatic nitrogens is 6. The van der Waals surface area contributed by atoms with Gasteiger partial charge in [-0.3, -0.25) is 9.89 Å². The van der Waals surface area contributed by atoms with Gasteiger partial charge in [-0.15, -0.1) is 0 Å². The molecule has 7 heteroatoms. The predicted octanol–water partition coefficient (Wildman–Crippen LogP) is 3.01. The lowest BCUT2D eigenvalue weighted by molar-refractivity contribution is 0.469. The molecule has 3 heterocycles. The molecule has 1 N–H and O–H groups in total. The van der Waals surface area contributed by atoms with Crippen LogP contribution >= 0.6 is 0 Å². The molecule has 1 aromatic carbocycles. The zero-order valence-electron chi connectivity index (χ0n) is 15.9. The lowest BCUT2D eigenvalue weighted by Gasteiger charge is -2.13. The Morgan fingerprint density at radius 1 is 1.11 bits per heavy atom. The largest absolute Gasteiger partial charge is 0.296 e. The summed E-state index contributed by atoms with van der Waals surface area (Å²) in [5.74, 6) is 1.61. The maximum Gasteiger partial charge on any atom is 0.272 e. The number of hydrogen-bond acceptors (Lipinski definition) is 4. The lowest BCUT2D eigenvalue weighted by atomic mass is 10.1. The van der Waals surface area contributed by atoms with Gasteiger partial charge in [0.25, 0.3) is 5.56 Å². The highest BCUT2D eigenvalue weighted by Crippen LogP contribution is 2.23. The Morgan fingerprint density at radius 2 is 1.85 bits per heavy atom. The van der Waals surface area contributed by atoms with Crippen molar-refractivity contribution in [2.75, 3.05) is 0 Å². The molecule has 3 aromatic heterocycles. The first-order chi connectivity index (χ1) is 12.9. The van der Waals surface area contributed by atoms with E-state index in [1.54, 1.807) is 6.07 Å². The number of fused-ring (bicyclic) bond motifs is 1. The molecule has 0 radical (unpaired) electrons. The maximum atomic E-state index is 12.5. The van der Waals surface area contributed by atoms with Gasteiger partial charge in [0.2, 0.25) is 0 Å². The fourth-order valence-electron chi connectivity index (χ4n) is 3.42. The summed E-state index contributed by atoms with van der Waals surface area (Å²) in [4.78, 5) is 21.7. The zero-order chi connectivity index (χ0) is 19.1. The van der Waals surface area contributed by atoms with Crippen molar-refractivity contribution < 1.29 is 0 Å². The van der Waals surface area contributed by atoms with Crippen LogP contribution in [0.2, 0.25) is 0 Å². The van der Waals surface area contributed by atoms with Gasteiger partial charge in [-0.25, -0.2) is 19.2 Å². The Balaban J connectivity index is 1.74. The van der Waals surface area contributed by atoms with Gasteiger partial charge in [-0.05, 0) is 33.3 Å². The maximum absolute atomic E-state index is 12.5. The molecular weight excluding hydrogens is 340 g/mol. The van der Waals surface area contributed by atoms with E-state index >= 15 is 0 Å². The molecule has 4 rings (SSSR count). The van der Waals surface area contributed by atoms with E-state index in [1.807, 2.05) is 36.9 Å². The van der Waals surface area contributed by atoms with Crippen LogP contribution in [0.15, 0.2) is 41.3 Å². The van der Waals surface area contributed by atoms with Gasteiger partial charge in [-0.2, -0.15) is 5.10 Å². The average molecular weight is 362 g/mol. The molecule has 0 bridgehead atoms. The standard InChI is InChI=1S/C20H22N6O/c1-12-5-7-16(8-6-12)18-11-21-26-19(27)10-17(23-20(18)26)9-13(2)25-15(4)22-14(3)24-25/h5-8,10-11,13,21H,9H2,1-4H3/t13-/m0/s1. The lowest BCUT2D eigenvalue weighted by Crippen LogP contribution is -2.18. The van der Waals surface area contributed by atoms with Crippen molar-refractivity contribution in [1.29, 1.82) is 0 Å². The minimum absolute atomic E-state index is 0.0577. The van der Waals surface area contributed by atoms with E-state index in [1.165, 1.54) is 10.1 Å². The SMILES string of the molecule is Cc1ccc(-c2c[nH]n3c(=O)cc(C[C@H](C)n4nc(C)nc4C)nc23)cc1. The number of aromatic amines is 1. The summed E-state index contributed by atoms with van der Waals surface area (Å²) in [7, 11) is 0. The minimum atomic E-state index is -0.118. The van der Waals surface area contributed by atoms with Gasteiger partial charge in [0.1, 0.15) is 11.6 Å². The highest BCUT2D eigenvalue weighted by molar-refractivity contribution is 5.77. The molecule has 27 heavy (non-hydrogen) atoms. The number of hydrogen-bond donors (Lipinski definition) is 1. The van der Waals surface area contributed by atoms with Gasteiger partial charge >= 0.3 is 0 Å². The van der Waals surface area contributed by atoms with Crippen molar-refractivity contribution in [3.05, 3.63) is 69.8 Å². The van der Waals surface area contributed by atoms with Gasteiger partial charge in [0.05, 0.1) is 11.7 Å². The summed E-state index contributed by atoms with van der Waals surface area (Å²) in [5.41, 5.74) is 4.39. The molecule has 1 atom stereocenters. The number of benzene rings is 1. The summed E-state index contributed by atoms with van der Waals surface area (Å²) in [6.07, 6.45) is 2.43. The van der Waals surface area contributed by atoms with Crippen molar-refractivity contribution in [1.82, 2.24) is 29.4 Å². The minimum Gasteiger partial charge on any atom is -0.296 e. The number of nitrogens with one attached hydrogen (secondary N) is 1. The van der Waals surface area contributed by atoms with Gasteiger partial charge in [-0.1, -0.05) is 29.8 Å². The zero-order valence-corrected chi connectivity index (χ0v) is 15.9. The number of aryl methyl sites for hydroxylation is 3. The van der Waals surface area contributed by atoms with Gasteiger partial charge < -0.3 is 0 Å². The number of rotatable bonds is 4. The number of H-pyrrole nitrogens is 1. The molecule has 0 saturated carbocycles. The van der Waals surface area contributed by atoms with Crippen molar-refractivity contribution in [2.45, 2.75) is 40.2 Å². The molecule has 0 unspecified atom stereocenters. The molecule has 7 nitrogen and oxygen atoms in total. The molecule has 138 valence electrons. The first-order valence-corrected chi connectivity index (χ1v) is 8.99. The van der Waals surface area contributed by atoms with Crippen LogP contribution in [0.25, 0.3) is 16.8 Å². The fourth-order valence-corrected chi connectivity index (χ4v) is 3.42. The van der Waals surface area contributed by atoms with Crippen molar-refractivity contribution in [2.24, 2.45) is 0 Å². The molecule has 0 saturated heterocycles. The summed E-state index contributed by atoms with van der Waals surface area (Å²) < 4.78 is 3.37. The fraction of sp³-hybridized carbons (Fsp3) is 0.300. The molecule has 0 amide bonds. The molecule has 0 aliphatic carbocycles. The van der Waals surface area contributed by atoms with Crippen LogP contribution in [0.3, 0.4) is 0 Å². The Labute approximate surface area is 156 Å². The third-order valence-corrected chi connectivity index (χ3v) is 4.74. The summed E-state index contributed by atoms with van der Waals surface area (Å²) in [5, 5.41) is 7.45. The van der Waals surface area contributed by atoms with E-state index in [9.17, 15) is 4.79 Å². The summed E-state index contributed by atoms with van der Waals surface area (Å²) >= 11 is 0. The van der Waals surface area contributed by atoms with Crippen LogP contribution in [0, 0.1) is 20.8 Å². The van der Waals surface area contributed by atoms with Crippen LogP contribution in [-0.2, 0) is 6.42 Å². The van der Waals surface area contributed by atoms with Gasteiger partial charge in [0, 0.05) is 24.2 Å². The van der Waals surface area contributed by atoms with Crippen LogP contribution in [0.4, 0.5) is 0 Å². The monoisotopic (exact) mass is 362 g/mol. The molecule has 0 aliphatic heterocycles. The van der Waals surface area contributed by atoms with Crippen molar-refractivity contribution in [3.8, 4) is 11.1 Å². The Bertz CT molecular complexity index is 1170. The second-order valence-electron chi connectivity index (χ2n) is 7.00. The van der Waals surface area contributed by atoms with E-state index in [4.69, 9.17) is 4.98 Å². The molecule has 0 fully saturated rings. The van der Waals surface area contributed by atoms with Crippen LogP contribution in [0.1, 0.15) is 35.9 Å². The predicted molar refractivity (Wildman–Crippen MR) is 104 cm³/mol. The molecule has 0 aliphatic rings. The Kier molecular flexibility index (Phi) is 4.14. The van der Waals surface area contributed by atoms with Gasteiger partial charge in [0.15, 0.2) is 5.65 Å². The highest BCUT2D eigenvalue weighted by atomic mass is 16.1. The second kappa shape index (κ2) is 6.50. The van der Waals surface area contributed by atoms with Crippen LogP contribution in [-0.4, -0.2) is 29.4 Å². The number of nitrogens with zero attached hydrogens (tertiary/aromatic N) is 5. The van der Waals surface area contributed by atoms with E-state index in [0.29, 0.717) is 12.1 Å². The molecule has 0 spiro atoms. The topological polar surface area (TPSA) is 80.9 Å². The first-order valence-electron chi connectivity index (χ1n) is 8.99. The smallest absolute Gasteiger partial charge is 0.272 e. The summed E-state index contributed by atoms with van der Waals surface area (Å²) in [6.45, 7) is 7.92. The van der Waals surface area contributed by atoms with E-state index in [-0.39, 0.29) is 11.6 Å². The Morgan fingerprint density at radius 3 is 2.52 bits per heavy atom.